The van der Waals surface area contributed by atoms with Crippen LogP contribution in [-0.4, -0.2) is 11.1 Å². The molecule has 0 aliphatic rings. The zero-order valence-corrected chi connectivity index (χ0v) is 10.7. The first-order valence-electron chi connectivity index (χ1n) is 5.63. The Morgan fingerprint density at radius 2 is 1.75 bits per heavy atom. The summed E-state index contributed by atoms with van der Waals surface area (Å²) in [4.78, 5) is 10.7. The lowest BCUT2D eigenvalue weighted by Gasteiger charge is -2.18. The highest BCUT2D eigenvalue weighted by atomic mass is 16.4. The van der Waals surface area contributed by atoms with Crippen LogP contribution in [0.4, 0.5) is 0 Å². The first kappa shape index (κ1) is 12.8. The fraction of sp³-hybridized carbons (Fsp3) is 0.500. The van der Waals surface area contributed by atoms with Crippen LogP contribution in [0.2, 0.25) is 0 Å². The maximum Gasteiger partial charge on any atom is 0.303 e. The number of rotatable bonds is 3. The molecule has 0 fully saturated rings. The van der Waals surface area contributed by atoms with Crippen molar-refractivity contribution in [1.29, 1.82) is 0 Å². The average Bonchev–Trinajstić information content (AvgIpc) is 2.19. The molecule has 1 aromatic carbocycles. The monoisotopic (exact) mass is 220 g/mol. The topological polar surface area (TPSA) is 37.3 Å². The van der Waals surface area contributed by atoms with E-state index in [0.29, 0.717) is 0 Å². The van der Waals surface area contributed by atoms with E-state index >= 15 is 0 Å². The molecule has 0 radical (unpaired) electrons. The lowest BCUT2D eigenvalue weighted by molar-refractivity contribution is -0.137. The smallest absolute Gasteiger partial charge is 0.303 e. The van der Waals surface area contributed by atoms with Crippen molar-refractivity contribution >= 4 is 5.97 Å². The lowest BCUT2D eigenvalue weighted by atomic mass is 9.87. The van der Waals surface area contributed by atoms with Gasteiger partial charge in [-0.25, -0.2) is 0 Å². The quantitative estimate of drug-likeness (QED) is 0.846. The lowest BCUT2D eigenvalue weighted by Crippen LogP contribution is -2.06. The summed E-state index contributed by atoms with van der Waals surface area (Å²) >= 11 is 0. The van der Waals surface area contributed by atoms with Gasteiger partial charge in [-0.3, -0.25) is 4.79 Å². The molecule has 0 aromatic heterocycles. The standard InChI is InChI=1S/C14H20O2/c1-8-6-13(9(2)7-14(15)16)12(5)11(4)10(8)3/h6,9H,7H2,1-5H3,(H,15,16). The van der Waals surface area contributed by atoms with Crippen LogP contribution in [-0.2, 0) is 4.79 Å². The summed E-state index contributed by atoms with van der Waals surface area (Å²) in [5.74, 6) is -0.654. The van der Waals surface area contributed by atoms with Crippen molar-refractivity contribution in [2.45, 2.75) is 47.0 Å². The zero-order valence-electron chi connectivity index (χ0n) is 10.7. The van der Waals surface area contributed by atoms with Gasteiger partial charge in [0.05, 0.1) is 6.42 Å². The Morgan fingerprint density at radius 3 is 2.25 bits per heavy atom. The summed E-state index contributed by atoms with van der Waals surface area (Å²) in [5, 5.41) is 8.83. The van der Waals surface area contributed by atoms with E-state index in [1.165, 1.54) is 27.8 Å². The van der Waals surface area contributed by atoms with Gasteiger partial charge in [-0.05, 0) is 61.4 Å². The normalized spacial score (nSPS) is 12.6. The molecule has 16 heavy (non-hydrogen) atoms. The SMILES string of the molecule is Cc1cc(C(C)CC(=O)O)c(C)c(C)c1C. The van der Waals surface area contributed by atoms with Gasteiger partial charge >= 0.3 is 5.97 Å². The molecular weight excluding hydrogens is 200 g/mol. The first-order valence-corrected chi connectivity index (χ1v) is 5.63. The molecule has 0 bridgehead atoms. The van der Waals surface area contributed by atoms with Gasteiger partial charge in [0.15, 0.2) is 0 Å². The second-order valence-electron chi connectivity index (χ2n) is 4.66. The van der Waals surface area contributed by atoms with Crippen LogP contribution in [0.1, 0.15) is 47.1 Å². The zero-order chi connectivity index (χ0) is 12.5. The molecule has 0 amide bonds. The molecule has 1 rings (SSSR count). The third kappa shape index (κ3) is 2.43. The number of hydrogen-bond acceptors (Lipinski definition) is 1. The number of aryl methyl sites for hydroxylation is 1. The highest BCUT2D eigenvalue weighted by Gasteiger charge is 2.15. The Kier molecular flexibility index (Phi) is 3.74. The summed E-state index contributed by atoms with van der Waals surface area (Å²) in [6, 6.07) is 2.13. The molecule has 88 valence electrons. The van der Waals surface area contributed by atoms with Crippen molar-refractivity contribution in [3.05, 3.63) is 33.9 Å². The molecule has 0 aliphatic carbocycles. The molecule has 0 heterocycles. The predicted molar refractivity (Wildman–Crippen MR) is 66.1 cm³/mol. The van der Waals surface area contributed by atoms with Crippen LogP contribution in [0.15, 0.2) is 6.07 Å². The maximum absolute atomic E-state index is 10.7. The van der Waals surface area contributed by atoms with Gasteiger partial charge < -0.3 is 5.11 Å². The molecule has 0 aliphatic heterocycles. The second kappa shape index (κ2) is 4.69. The van der Waals surface area contributed by atoms with Gasteiger partial charge in [0, 0.05) is 0 Å². The van der Waals surface area contributed by atoms with Gasteiger partial charge in [-0.15, -0.1) is 0 Å². The van der Waals surface area contributed by atoms with Gasteiger partial charge in [0.25, 0.3) is 0 Å². The Bertz CT molecular complexity index is 419. The van der Waals surface area contributed by atoms with E-state index < -0.39 is 5.97 Å². The minimum Gasteiger partial charge on any atom is -0.481 e. The third-order valence-electron chi connectivity index (χ3n) is 3.53. The van der Waals surface area contributed by atoms with E-state index in [4.69, 9.17) is 5.11 Å². The Hall–Kier alpha value is -1.31. The van der Waals surface area contributed by atoms with Crippen LogP contribution >= 0.6 is 0 Å². The van der Waals surface area contributed by atoms with Crippen LogP contribution in [0, 0.1) is 27.7 Å². The minimum atomic E-state index is -0.734. The Morgan fingerprint density at radius 1 is 1.19 bits per heavy atom. The van der Waals surface area contributed by atoms with E-state index in [9.17, 15) is 4.79 Å². The van der Waals surface area contributed by atoms with E-state index in [1.54, 1.807) is 0 Å². The van der Waals surface area contributed by atoms with E-state index in [0.717, 1.165) is 0 Å². The summed E-state index contributed by atoms with van der Waals surface area (Å²) in [6.07, 6.45) is 0.197. The summed E-state index contributed by atoms with van der Waals surface area (Å²) in [7, 11) is 0. The van der Waals surface area contributed by atoms with Gasteiger partial charge in [-0.1, -0.05) is 13.0 Å². The van der Waals surface area contributed by atoms with Crippen LogP contribution < -0.4 is 0 Å². The number of aliphatic carboxylic acids is 1. The van der Waals surface area contributed by atoms with Gasteiger partial charge in [-0.2, -0.15) is 0 Å². The largest absolute Gasteiger partial charge is 0.481 e. The summed E-state index contributed by atoms with van der Waals surface area (Å²) < 4.78 is 0. The van der Waals surface area contributed by atoms with Crippen molar-refractivity contribution in [3.63, 3.8) is 0 Å². The summed E-state index contributed by atoms with van der Waals surface area (Å²) in [5.41, 5.74) is 6.24. The fourth-order valence-corrected chi connectivity index (χ4v) is 2.13. The molecule has 2 heteroatoms. The number of hydrogen-bond donors (Lipinski definition) is 1. The predicted octanol–water partition coefficient (Wildman–Crippen LogP) is 3.50. The maximum atomic E-state index is 10.7. The van der Waals surface area contributed by atoms with Crippen molar-refractivity contribution in [2.75, 3.05) is 0 Å². The van der Waals surface area contributed by atoms with Gasteiger partial charge in [0.1, 0.15) is 0 Å². The number of carboxylic acids is 1. The fourth-order valence-electron chi connectivity index (χ4n) is 2.13. The van der Waals surface area contributed by atoms with E-state index in [1.807, 2.05) is 6.92 Å². The van der Waals surface area contributed by atoms with Crippen molar-refractivity contribution in [3.8, 4) is 0 Å². The van der Waals surface area contributed by atoms with Crippen molar-refractivity contribution in [2.24, 2.45) is 0 Å². The van der Waals surface area contributed by atoms with E-state index in [2.05, 4.69) is 33.8 Å². The molecule has 2 nitrogen and oxygen atoms in total. The molecule has 0 saturated heterocycles. The molecule has 1 atom stereocenters. The second-order valence-corrected chi connectivity index (χ2v) is 4.66. The molecule has 1 unspecified atom stereocenters. The third-order valence-corrected chi connectivity index (χ3v) is 3.53. The molecule has 1 aromatic rings. The van der Waals surface area contributed by atoms with Crippen LogP contribution in [0.25, 0.3) is 0 Å². The van der Waals surface area contributed by atoms with Crippen LogP contribution in [0.5, 0.6) is 0 Å². The van der Waals surface area contributed by atoms with Crippen molar-refractivity contribution < 1.29 is 9.90 Å². The Balaban J connectivity index is 3.19. The summed E-state index contributed by atoms with van der Waals surface area (Å²) in [6.45, 7) is 10.4. The number of benzene rings is 1. The number of carboxylic acid groups (broad SMARTS) is 1. The highest BCUT2D eigenvalue weighted by molar-refractivity contribution is 5.68. The van der Waals surface area contributed by atoms with E-state index in [-0.39, 0.29) is 12.3 Å². The average molecular weight is 220 g/mol. The number of carbonyl (C=O) groups is 1. The molecule has 0 saturated carbocycles. The Labute approximate surface area is 97.3 Å². The van der Waals surface area contributed by atoms with Gasteiger partial charge in [0.2, 0.25) is 0 Å². The molecule has 1 N–H and O–H groups in total. The van der Waals surface area contributed by atoms with Crippen LogP contribution in [0.3, 0.4) is 0 Å². The highest BCUT2D eigenvalue weighted by Crippen LogP contribution is 2.28. The van der Waals surface area contributed by atoms with Crippen molar-refractivity contribution in [1.82, 2.24) is 0 Å². The molecule has 0 spiro atoms. The minimum absolute atomic E-state index is 0.0792. The first-order chi connectivity index (χ1) is 7.34. The molecular formula is C14H20O2.